The summed E-state index contributed by atoms with van der Waals surface area (Å²) in [4.78, 5) is 23.4. The van der Waals surface area contributed by atoms with Gasteiger partial charge in [0.1, 0.15) is 11.3 Å². The van der Waals surface area contributed by atoms with Crippen molar-refractivity contribution >= 4 is 28.9 Å². The summed E-state index contributed by atoms with van der Waals surface area (Å²) in [7, 11) is 1.30. The van der Waals surface area contributed by atoms with E-state index in [0.717, 1.165) is 11.3 Å². The highest BCUT2D eigenvalue weighted by molar-refractivity contribution is 7.17. The molecule has 0 aliphatic rings. The van der Waals surface area contributed by atoms with Crippen LogP contribution in [-0.4, -0.2) is 28.0 Å². The number of rotatable bonds is 2. The second-order valence-corrected chi connectivity index (χ2v) is 4.11. The van der Waals surface area contributed by atoms with Gasteiger partial charge in [0, 0.05) is 18.0 Å². The Morgan fingerprint density at radius 3 is 2.75 bits per heavy atom. The fourth-order valence-corrected chi connectivity index (χ4v) is 2.23. The van der Waals surface area contributed by atoms with Gasteiger partial charge in [-0.25, -0.2) is 19.7 Å². The Morgan fingerprint density at radius 2 is 2.12 bits per heavy atom. The number of carbonyl (C=O) groups is 1. The third-order valence-electron chi connectivity index (χ3n) is 1.76. The number of nitrogens with zero attached hydrogens (tertiary/aromatic N) is 3. The fraction of sp³-hybridized carbons (Fsp3) is 0.111. The second-order valence-electron chi connectivity index (χ2n) is 2.76. The highest BCUT2D eigenvalue weighted by atomic mass is 35.5. The number of hydrogen-bond acceptors (Lipinski definition) is 6. The van der Waals surface area contributed by atoms with E-state index in [1.165, 1.54) is 13.4 Å². The molecule has 0 saturated heterocycles. The summed E-state index contributed by atoms with van der Waals surface area (Å²) in [6.45, 7) is 0. The molecule has 82 valence electrons. The minimum atomic E-state index is -0.495. The summed E-state index contributed by atoms with van der Waals surface area (Å²) in [5.74, 6) is -0.495. The van der Waals surface area contributed by atoms with Crippen LogP contribution < -0.4 is 0 Å². The lowest BCUT2D eigenvalue weighted by molar-refractivity contribution is 0.0606. The molecule has 0 aromatic carbocycles. The van der Waals surface area contributed by atoms with Gasteiger partial charge in [0.05, 0.1) is 7.11 Å². The predicted octanol–water partition coefficient (Wildman–Crippen LogP) is 2.04. The van der Waals surface area contributed by atoms with Crippen LogP contribution in [0, 0.1) is 0 Å². The molecule has 0 fully saturated rings. The number of halogens is 1. The topological polar surface area (TPSA) is 65.0 Å². The molecule has 0 aliphatic heterocycles. The van der Waals surface area contributed by atoms with Crippen LogP contribution in [0.5, 0.6) is 0 Å². The van der Waals surface area contributed by atoms with E-state index < -0.39 is 5.97 Å². The lowest BCUT2D eigenvalue weighted by Gasteiger charge is -1.92. The van der Waals surface area contributed by atoms with Crippen molar-refractivity contribution < 1.29 is 9.53 Å². The summed E-state index contributed by atoms with van der Waals surface area (Å²) in [5.41, 5.74) is 0.713. The number of carbonyl (C=O) groups excluding carboxylic acids is 1. The monoisotopic (exact) mass is 255 g/mol. The Morgan fingerprint density at radius 1 is 1.44 bits per heavy atom. The maximum absolute atomic E-state index is 11.3. The van der Waals surface area contributed by atoms with Crippen molar-refractivity contribution in [1.29, 1.82) is 0 Å². The van der Waals surface area contributed by atoms with Gasteiger partial charge in [-0.3, -0.25) is 0 Å². The van der Waals surface area contributed by atoms with E-state index in [9.17, 15) is 4.79 Å². The zero-order chi connectivity index (χ0) is 11.5. The summed E-state index contributed by atoms with van der Waals surface area (Å²) < 4.78 is 4.58. The zero-order valence-corrected chi connectivity index (χ0v) is 9.75. The van der Waals surface area contributed by atoms with E-state index >= 15 is 0 Å². The van der Waals surface area contributed by atoms with Crippen LogP contribution >= 0.6 is 22.9 Å². The third-order valence-corrected chi connectivity index (χ3v) is 3.23. The van der Waals surface area contributed by atoms with Crippen LogP contribution in [0.2, 0.25) is 5.15 Å². The number of methoxy groups -OCH3 is 1. The molecular formula is C9H6ClN3O2S. The molecule has 0 N–H and O–H groups in total. The minimum absolute atomic E-state index is 0.135. The lowest BCUT2D eigenvalue weighted by atomic mass is 10.4. The highest BCUT2D eigenvalue weighted by Gasteiger charge is 2.18. The molecule has 2 rings (SSSR count). The Kier molecular flexibility index (Phi) is 3.12. The van der Waals surface area contributed by atoms with E-state index in [2.05, 4.69) is 19.7 Å². The Hall–Kier alpha value is -1.53. The normalized spacial score (nSPS) is 10.1. The maximum atomic E-state index is 11.3. The summed E-state index contributed by atoms with van der Waals surface area (Å²) >= 11 is 6.97. The molecule has 2 heterocycles. The van der Waals surface area contributed by atoms with Crippen molar-refractivity contribution in [3.63, 3.8) is 0 Å². The van der Waals surface area contributed by atoms with Crippen molar-refractivity contribution in [3.8, 4) is 10.6 Å². The van der Waals surface area contributed by atoms with Gasteiger partial charge >= 0.3 is 5.97 Å². The van der Waals surface area contributed by atoms with E-state index in [1.54, 1.807) is 12.4 Å². The van der Waals surface area contributed by atoms with Gasteiger partial charge in [-0.2, -0.15) is 0 Å². The van der Waals surface area contributed by atoms with Crippen molar-refractivity contribution in [2.24, 2.45) is 0 Å². The molecule has 0 radical (unpaired) electrons. The van der Waals surface area contributed by atoms with E-state index in [1.807, 2.05) is 0 Å². The Labute approximate surface area is 100 Å². The fourth-order valence-electron chi connectivity index (χ4n) is 1.05. The second kappa shape index (κ2) is 4.54. The first-order valence-corrected chi connectivity index (χ1v) is 5.42. The van der Waals surface area contributed by atoms with Crippen molar-refractivity contribution in [3.05, 3.63) is 28.8 Å². The molecule has 0 unspecified atom stereocenters. The highest BCUT2D eigenvalue weighted by Crippen LogP contribution is 2.30. The van der Waals surface area contributed by atoms with Gasteiger partial charge in [0.25, 0.3) is 0 Å². The first-order valence-electron chi connectivity index (χ1n) is 4.22. The first kappa shape index (κ1) is 11.0. The molecule has 2 aromatic rings. The van der Waals surface area contributed by atoms with Gasteiger partial charge in [-0.1, -0.05) is 11.6 Å². The smallest absolute Gasteiger partial charge is 0.351 e. The van der Waals surface area contributed by atoms with Crippen LogP contribution in [0.3, 0.4) is 0 Å². The van der Waals surface area contributed by atoms with Crippen LogP contribution in [0.25, 0.3) is 10.6 Å². The van der Waals surface area contributed by atoms with Crippen molar-refractivity contribution in [2.75, 3.05) is 7.11 Å². The number of aromatic nitrogens is 3. The lowest BCUT2D eigenvalue weighted by Crippen LogP contribution is -1.98. The molecule has 0 aliphatic carbocycles. The van der Waals surface area contributed by atoms with Gasteiger partial charge in [-0.05, 0) is 0 Å². The molecular weight excluding hydrogens is 250 g/mol. The van der Waals surface area contributed by atoms with Crippen LogP contribution in [0.15, 0.2) is 18.7 Å². The van der Waals surface area contributed by atoms with Gasteiger partial charge in [-0.15, -0.1) is 11.3 Å². The van der Waals surface area contributed by atoms with Gasteiger partial charge in [0.2, 0.25) is 0 Å². The number of esters is 1. The largest absolute Gasteiger partial charge is 0.465 e. The van der Waals surface area contributed by atoms with E-state index in [0.29, 0.717) is 10.6 Å². The van der Waals surface area contributed by atoms with Crippen molar-refractivity contribution in [1.82, 2.24) is 15.0 Å². The minimum Gasteiger partial charge on any atom is -0.465 e. The molecule has 2 aromatic heterocycles. The molecule has 7 heteroatoms. The Balaban J connectivity index is 2.42. The molecule has 0 bridgehead atoms. The number of hydrogen-bond donors (Lipinski definition) is 0. The summed E-state index contributed by atoms with van der Waals surface area (Å²) in [6, 6.07) is 0. The predicted molar refractivity (Wildman–Crippen MR) is 59.5 cm³/mol. The molecule has 16 heavy (non-hydrogen) atoms. The SMILES string of the molecule is COC(=O)c1sc(-c2cncnc2)nc1Cl. The molecule has 0 amide bonds. The molecule has 5 nitrogen and oxygen atoms in total. The average molecular weight is 256 g/mol. The van der Waals surface area contributed by atoms with Crippen LogP contribution in [0.1, 0.15) is 9.67 Å². The summed E-state index contributed by atoms with van der Waals surface area (Å²) in [5, 5.41) is 0.724. The van der Waals surface area contributed by atoms with E-state index in [4.69, 9.17) is 11.6 Å². The van der Waals surface area contributed by atoms with Gasteiger partial charge < -0.3 is 4.74 Å². The summed E-state index contributed by atoms with van der Waals surface area (Å²) in [6.07, 6.45) is 4.62. The quantitative estimate of drug-likeness (QED) is 0.769. The third kappa shape index (κ3) is 2.02. The maximum Gasteiger partial charge on any atom is 0.351 e. The van der Waals surface area contributed by atoms with E-state index in [-0.39, 0.29) is 10.0 Å². The first-order chi connectivity index (χ1) is 7.72. The molecule has 0 atom stereocenters. The molecule has 0 saturated carbocycles. The van der Waals surface area contributed by atoms with Crippen LogP contribution in [0.4, 0.5) is 0 Å². The standard InChI is InChI=1S/C9H6ClN3O2S/c1-15-9(14)6-7(10)13-8(16-6)5-2-11-4-12-3-5/h2-4H,1H3. The molecule has 0 spiro atoms. The Bertz CT molecular complexity index is 515. The average Bonchev–Trinajstić information content (AvgIpc) is 2.71. The number of thiazole rings is 1. The van der Waals surface area contributed by atoms with Crippen LogP contribution in [-0.2, 0) is 4.74 Å². The number of ether oxygens (including phenoxy) is 1. The van der Waals surface area contributed by atoms with Crippen molar-refractivity contribution in [2.45, 2.75) is 0 Å². The van der Waals surface area contributed by atoms with Gasteiger partial charge in [0.15, 0.2) is 10.0 Å². The zero-order valence-electron chi connectivity index (χ0n) is 8.18.